The average molecular weight is 214 g/mol. The molecule has 0 saturated carbocycles. The van der Waals surface area contributed by atoms with E-state index in [1.165, 1.54) is 0 Å². The van der Waals surface area contributed by atoms with Gasteiger partial charge < -0.3 is 0 Å². The molecule has 0 aliphatic carbocycles. The van der Waals surface area contributed by atoms with Gasteiger partial charge in [0.15, 0.2) is 0 Å². The Morgan fingerprint density at radius 2 is 1.88 bits per heavy atom. The van der Waals surface area contributed by atoms with E-state index in [1.54, 1.807) is 6.92 Å². The standard InChI is InChI=1S/C15H18O/c1-4-5-7-12-14(16)15(2,3)13-10-8-6-9-11-13/h6,8-11H,7,12H2,1-3H3. The molecule has 1 rings (SSSR count). The average Bonchev–Trinajstić information content (AvgIpc) is 2.30. The first kappa shape index (κ1) is 12.5. The number of rotatable bonds is 4. The fourth-order valence-corrected chi connectivity index (χ4v) is 1.63. The highest BCUT2D eigenvalue weighted by molar-refractivity contribution is 5.89. The number of Topliss-reactive ketones (excluding diaryl/α,β-unsaturated/α-hetero) is 1. The largest absolute Gasteiger partial charge is 0.299 e. The molecule has 1 heteroatoms. The van der Waals surface area contributed by atoms with Crippen LogP contribution in [0, 0.1) is 11.8 Å². The summed E-state index contributed by atoms with van der Waals surface area (Å²) < 4.78 is 0. The van der Waals surface area contributed by atoms with Crippen LogP contribution in [0.15, 0.2) is 30.3 Å². The third-order valence-electron chi connectivity index (χ3n) is 2.85. The molecule has 0 aromatic heterocycles. The smallest absolute Gasteiger partial charge is 0.143 e. The van der Waals surface area contributed by atoms with Crippen LogP contribution in [-0.2, 0) is 10.2 Å². The van der Waals surface area contributed by atoms with Crippen LogP contribution in [0.1, 0.15) is 39.2 Å². The number of benzene rings is 1. The summed E-state index contributed by atoms with van der Waals surface area (Å²) in [4.78, 5) is 12.1. The van der Waals surface area contributed by atoms with Crippen molar-refractivity contribution in [2.24, 2.45) is 0 Å². The quantitative estimate of drug-likeness (QED) is 0.702. The summed E-state index contributed by atoms with van der Waals surface area (Å²) in [5.74, 6) is 6.00. The van der Waals surface area contributed by atoms with Gasteiger partial charge in [-0.3, -0.25) is 4.79 Å². The molecule has 0 N–H and O–H groups in total. The van der Waals surface area contributed by atoms with Gasteiger partial charge in [-0.15, -0.1) is 11.8 Å². The van der Waals surface area contributed by atoms with Crippen LogP contribution in [0.4, 0.5) is 0 Å². The van der Waals surface area contributed by atoms with Crippen LogP contribution >= 0.6 is 0 Å². The van der Waals surface area contributed by atoms with Gasteiger partial charge in [-0.25, -0.2) is 0 Å². The number of ketones is 1. The van der Waals surface area contributed by atoms with Crippen molar-refractivity contribution < 1.29 is 4.79 Å². The minimum atomic E-state index is -0.406. The van der Waals surface area contributed by atoms with Crippen LogP contribution in [0.2, 0.25) is 0 Å². The highest BCUT2D eigenvalue weighted by atomic mass is 16.1. The Hall–Kier alpha value is -1.55. The minimum Gasteiger partial charge on any atom is -0.299 e. The molecule has 0 spiro atoms. The lowest BCUT2D eigenvalue weighted by Crippen LogP contribution is -2.28. The fraction of sp³-hybridized carbons (Fsp3) is 0.400. The number of carbonyl (C=O) groups is 1. The van der Waals surface area contributed by atoms with E-state index in [2.05, 4.69) is 11.8 Å². The van der Waals surface area contributed by atoms with E-state index < -0.39 is 5.41 Å². The molecule has 0 atom stereocenters. The van der Waals surface area contributed by atoms with Crippen molar-refractivity contribution in [3.63, 3.8) is 0 Å². The zero-order chi connectivity index (χ0) is 12.0. The normalized spacial score (nSPS) is 10.4. The number of hydrogen-bond acceptors (Lipinski definition) is 1. The van der Waals surface area contributed by atoms with Gasteiger partial charge in [0.25, 0.3) is 0 Å². The van der Waals surface area contributed by atoms with E-state index in [0.29, 0.717) is 12.8 Å². The van der Waals surface area contributed by atoms with Crippen LogP contribution in [-0.4, -0.2) is 5.78 Å². The Bertz CT molecular complexity index is 404. The van der Waals surface area contributed by atoms with Gasteiger partial charge >= 0.3 is 0 Å². The molecule has 0 fully saturated rings. The third kappa shape index (κ3) is 2.97. The van der Waals surface area contributed by atoms with Crippen molar-refractivity contribution in [2.45, 2.75) is 39.0 Å². The molecule has 0 aliphatic rings. The Labute approximate surface area is 97.9 Å². The third-order valence-corrected chi connectivity index (χ3v) is 2.85. The Morgan fingerprint density at radius 1 is 1.25 bits per heavy atom. The molecule has 1 nitrogen and oxygen atoms in total. The summed E-state index contributed by atoms with van der Waals surface area (Å²) in [5, 5.41) is 0. The zero-order valence-corrected chi connectivity index (χ0v) is 10.2. The van der Waals surface area contributed by atoms with Crippen molar-refractivity contribution in [3.05, 3.63) is 35.9 Å². The fourth-order valence-electron chi connectivity index (χ4n) is 1.63. The molecular weight excluding hydrogens is 196 g/mol. The van der Waals surface area contributed by atoms with Gasteiger partial charge in [0.05, 0.1) is 0 Å². The summed E-state index contributed by atoms with van der Waals surface area (Å²) in [5.41, 5.74) is 0.668. The van der Waals surface area contributed by atoms with Crippen molar-refractivity contribution >= 4 is 5.78 Å². The molecule has 0 saturated heterocycles. The first-order valence-electron chi connectivity index (χ1n) is 5.57. The highest BCUT2D eigenvalue weighted by Gasteiger charge is 2.28. The second kappa shape index (κ2) is 5.51. The van der Waals surface area contributed by atoms with Crippen molar-refractivity contribution in [3.8, 4) is 11.8 Å². The van der Waals surface area contributed by atoms with E-state index in [9.17, 15) is 4.79 Å². The molecule has 0 bridgehead atoms. The first-order chi connectivity index (χ1) is 7.59. The van der Waals surface area contributed by atoms with Crippen LogP contribution in [0.5, 0.6) is 0 Å². The molecule has 84 valence electrons. The van der Waals surface area contributed by atoms with E-state index in [0.717, 1.165) is 5.56 Å². The molecule has 16 heavy (non-hydrogen) atoms. The maximum atomic E-state index is 12.1. The molecule has 1 aromatic carbocycles. The van der Waals surface area contributed by atoms with Gasteiger partial charge in [-0.05, 0) is 26.3 Å². The molecule has 0 heterocycles. The summed E-state index contributed by atoms with van der Waals surface area (Å²) in [7, 11) is 0. The lowest BCUT2D eigenvalue weighted by Gasteiger charge is -2.23. The monoisotopic (exact) mass is 214 g/mol. The maximum absolute atomic E-state index is 12.1. The van der Waals surface area contributed by atoms with Crippen molar-refractivity contribution in [1.29, 1.82) is 0 Å². The van der Waals surface area contributed by atoms with Gasteiger partial charge in [0.1, 0.15) is 5.78 Å². The Balaban J connectivity index is 2.76. The van der Waals surface area contributed by atoms with E-state index in [-0.39, 0.29) is 5.78 Å². The van der Waals surface area contributed by atoms with E-state index >= 15 is 0 Å². The van der Waals surface area contributed by atoms with Crippen molar-refractivity contribution in [1.82, 2.24) is 0 Å². The second-order valence-corrected chi connectivity index (χ2v) is 4.34. The molecular formula is C15H18O. The van der Waals surface area contributed by atoms with Crippen LogP contribution in [0.3, 0.4) is 0 Å². The summed E-state index contributed by atoms with van der Waals surface area (Å²) in [6, 6.07) is 9.91. The second-order valence-electron chi connectivity index (χ2n) is 4.34. The summed E-state index contributed by atoms with van der Waals surface area (Å²) in [6.45, 7) is 5.75. The predicted molar refractivity (Wildman–Crippen MR) is 67.2 cm³/mol. The van der Waals surface area contributed by atoms with Crippen LogP contribution < -0.4 is 0 Å². The highest BCUT2D eigenvalue weighted by Crippen LogP contribution is 2.25. The molecule has 0 amide bonds. The van der Waals surface area contributed by atoms with E-state index in [1.807, 2.05) is 44.2 Å². The van der Waals surface area contributed by atoms with Gasteiger partial charge in [0.2, 0.25) is 0 Å². The first-order valence-corrected chi connectivity index (χ1v) is 5.57. The van der Waals surface area contributed by atoms with Gasteiger partial charge in [-0.1, -0.05) is 30.3 Å². The number of hydrogen-bond donors (Lipinski definition) is 0. The molecule has 0 aliphatic heterocycles. The van der Waals surface area contributed by atoms with Crippen molar-refractivity contribution in [2.75, 3.05) is 0 Å². The Morgan fingerprint density at radius 3 is 2.44 bits per heavy atom. The summed E-state index contributed by atoms with van der Waals surface area (Å²) in [6.07, 6.45) is 1.19. The van der Waals surface area contributed by atoms with Gasteiger partial charge in [-0.2, -0.15) is 0 Å². The molecule has 0 radical (unpaired) electrons. The maximum Gasteiger partial charge on any atom is 0.143 e. The van der Waals surface area contributed by atoms with Crippen LogP contribution in [0.25, 0.3) is 0 Å². The van der Waals surface area contributed by atoms with Gasteiger partial charge in [0, 0.05) is 18.3 Å². The molecule has 1 aromatic rings. The molecule has 0 unspecified atom stereocenters. The SMILES string of the molecule is CC#CCCC(=O)C(C)(C)c1ccccc1. The minimum absolute atomic E-state index is 0.251. The van der Waals surface area contributed by atoms with E-state index in [4.69, 9.17) is 0 Å². The number of carbonyl (C=O) groups excluding carboxylic acids is 1. The lowest BCUT2D eigenvalue weighted by molar-refractivity contribution is -0.123. The zero-order valence-electron chi connectivity index (χ0n) is 10.2. The summed E-state index contributed by atoms with van der Waals surface area (Å²) >= 11 is 0. The lowest BCUT2D eigenvalue weighted by atomic mass is 9.79. The topological polar surface area (TPSA) is 17.1 Å². The predicted octanol–water partition coefficient (Wildman–Crippen LogP) is 3.34. The Kier molecular flexibility index (Phi) is 4.31.